The molecule has 2 aromatic carbocycles. The van der Waals surface area contributed by atoms with Gasteiger partial charge in [-0.05, 0) is 23.3 Å². The normalized spacial score (nSPS) is 14.2. The zero-order valence-corrected chi connectivity index (χ0v) is 9.61. The van der Waals surface area contributed by atoms with E-state index in [9.17, 15) is 13.9 Å². The van der Waals surface area contributed by atoms with Crippen molar-refractivity contribution in [3.63, 3.8) is 0 Å². The summed E-state index contributed by atoms with van der Waals surface area (Å²) in [5.41, 5.74) is 4.59. The lowest BCUT2D eigenvalue weighted by atomic mass is 9.86. The van der Waals surface area contributed by atoms with Gasteiger partial charge in [0.15, 0.2) is 0 Å². The molecule has 0 bridgehead atoms. The van der Waals surface area contributed by atoms with Crippen LogP contribution in [-0.4, -0.2) is 11.7 Å². The van der Waals surface area contributed by atoms with Crippen LogP contribution >= 0.6 is 0 Å². The third-order valence-electron chi connectivity index (χ3n) is 2.89. The van der Waals surface area contributed by atoms with E-state index in [0.29, 0.717) is 5.56 Å². The summed E-state index contributed by atoms with van der Waals surface area (Å²) in [5, 5.41) is 10.6. The average Bonchev–Trinajstić information content (AvgIpc) is 2.37. The number of hydrogen-bond donors (Lipinski definition) is 2. The molecule has 0 fully saturated rings. The molecule has 0 radical (unpaired) electrons. The molecule has 0 aliphatic carbocycles. The van der Waals surface area contributed by atoms with Crippen molar-refractivity contribution < 1.29 is 13.9 Å². The van der Waals surface area contributed by atoms with E-state index in [1.165, 1.54) is 0 Å². The Hall–Kier alpha value is -1.78. The number of halogens is 2. The van der Waals surface area contributed by atoms with Gasteiger partial charge in [-0.2, -0.15) is 0 Å². The molecule has 94 valence electrons. The zero-order valence-electron chi connectivity index (χ0n) is 9.61. The van der Waals surface area contributed by atoms with Gasteiger partial charge in [0.25, 0.3) is 0 Å². The average molecular weight is 249 g/mol. The van der Waals surface area contributed by atoms with E-state index in [-0.39, 0.29) is 12.1 Å². The first-order valence-corrected chi connectivity index (χ1v) is 5.51. The van der Waals surface area contributed by atoms with Gasteiger partial charge in [-0.1, -0.05) is 30.3 Å². The highest BCUT2D eigenvalue weighted by Crippen LogP contribution is 2.29. The molecule has 2 aromatic rings. The Kier molecular flexibility index (Phi) is 3.41. The minimum atomic E-state index is -1.59. The lowest BCUT2D eigenvalue weighted by Gasteiger charge is -2.27. The van der Waals surface area contributed by atoms with Gasteiger partial charge in [-0.3, -0.25) is 0 Å². The van der Waals surface area contributed by atoms with Gasteiger partial charge in [0, 0.05) is 12.6 Å². The van der Waals surface area contributed by atoms with Crippen LogP contribution in [0.25, 0.3) is 0 Å². The largest absolute Gasteiger partial charge is 0.379 e. The van der Waals surface area contributed by atoms with Gasteiger partial charge >= 0.3 is 0 Å². The Bertz CT molecular complexity index is 524. The van der Waals surface area contributed by atoms with E-state index in [2.05, 4.69) is 0 Å². The minimum absolute atomic E-state index is 0.105. The van der Waals surface area contributed by atoms with E-state index < -0.39 is 17.2 Å². The third kappa shape index (κ3) is 2.25. The summed E-state index contributed by atoms with van der Waals surface area (Å²) in [4.78, 5) is 0. The predicted molar refractivity (Wildman–Crippen MR) is 64.9 cm³/mol. The van der Waals surface area contributed by atoms with Crippen LogP contribution in [0, 0.1) is 11.6 Å². The van der Waals surface area contributed by atoms with Crippen LogP contribution in [0.1, 0.15) is 11.1 Å². The van der Waals surface area contributed by atoms with Crippen molar-refractivity contribution >= 4 is 0 Å². The summed E-state index contributed by atoms with van der Waals surface area (Å²) in [6.07, 6.45) is 0. The summed E-state index contributed by atoms with van der Waals surface area (Å²) in [6, 6.07) is 11.5. The second-order valence-corrected chi connectivity index (χ2v) is 4.09. The monoisotopic (exact) mass is 249 g/mol. The summed E-state index contributed by atoms with van der Waals surface area (Å²) in [7, 11) is 0. The Balaban J connectivity index is 2.56. The first kappa shape index (κ1) is 12.7. The maximum Gasteiger partial charge on any atom is 0.127 e. The Labute approximate surface area is 104 Å². The van der Waals surface area contributed by atoms with Crippen LogP contribution in [0.3, 0.4) is 0 Å². The molecule has 0 aliphatic heterocycles. The van der Waals surface area contributed by atoms with Crippen LogP contribution in [0.2, 0.25) is 0 Å². The van der Waals surface area contributed by atoms with Crippen molar-refractivity contribution in [2.24, 2.45) is 5.73 Å². The number of rotatable bonds is 3. The SMILES string of the molecule is NCC(O)(c1ccccc1)c1cc(F)cc(F)c1. The quantitative estimate of drug-likeness (QED) is 0.875. The molecule has 0 spiro atoms. The number of nitrogens with two attached hydrogens (primary N) is 1. The summed E-state index contributed by atoms with van der Waals surface area (Å²) in [5.74, 6) is -1.49. The van der Waals surface area contributed by atoms with Crippen molar-refractivity contribution in [3.8, 4) is 0 Å². The molecule has 0 aliphatic rings. The lowest BCUT2D eigenvalue weighted by Crippen LogP contribution is -2.36. The molecule has 2 nitrogen and oxygen atoms in total. The first-order valence-electron chi connectivity index (χ1n) is 5.51. The highest BCUT2D eigenvalue weighted by atomic mass is 19.1. The van der Waals surface area contributed by atoms with Crippen molar-refractivity contribution in [3.05, 3.63) is 71.3 Å². The maximum atomic E-state index is 13.2. The topological polar surface area (TPSA) is 46.2 Å². The van der Waals surface area contributed by atoms with Gasteiger partial charge in [-0.15, -0.1) is 0 Å². The molecule has 0 heterocycles. The van der Waals surface area contributed by atoms with Crippen molar-refractivity contribution in [2.75, 3.05) is 6.54 Å². The Morgan fingerprint density at radius 1 is 0.944 bits per heavy atom. The standard InChI is InChI=1S/C14H13F2NO/c15-12-6-11(7-13(16)8-12)14(18,9-17)10-4-2-1-3-5-10/h1-8,18H,9,17H2. The van der Waals surface area contributed by atoms with Gasteiger partial charge < -0.3 is 10.8 Å². The minimum Gasteiger partial charge on any atom is -0.379 e. The molecule has 18 heavy (non-hydrogen) atoms. The maximum absolute atomic E-state index is 13.2. The summed E-state index contributed by atoms with van der Waals surface area (Å²) in [6.45, 7) is -0.167. The van der Waals surface area contributed by atoms with Crippen molar-refractivity contribution in [1.29, 1.82) is 0 Å². The van der Waals surface area contributed by atoms with E-state index in [1.54, 1.807) is 30.3 Å². The van der Waals surface area contributed by atoms with E-state index >= 15 is 0 Å². The molecular weight excluding hydrogens is 236 g/mol. The number of benzene rings is 2. The molecule has 0 saturated heterocycles. The van der Waals surface area contributed by atoms with Crippen molar-refractivity contribution in [1.82, 2.24) is 0 Å². The second kappa shape index (κ2) is 4.84. The van der Waals surface area contributed by atoms with Crippen molar-refractivity contribution in [2.45, 2.75) is 5.60 Å². The predicted octanol–water partition coefficient (Wildman–Crippen LogP) is 2.16. The van der Waals surface area contributed by atoms with Crippen LogP contribution in [0.4, 0.5) is 8.78 Å². The molecule has 3 N–H and O–H groups in total. The Morgan fingerprint density at radius 2 is 1.50 bits per heavy atom. The van der Waals surface area contributed by atoms with Gasteiger partial charge in [0.1, 0.15) is 17.2 Å². The fourth-order valence-corrected chi connectivity index (χ4v) is 1.91. The third-order valence-corrected chi connectivity index (χ3v) is 2.89. The van der Waals surface area contributed by atoms with Gasteiger partial charge in [0.2, 0.25) is 0 Å². The van der Waals surface area contributed by atoms with Crippen LogP contribution in [0.15, 0.2) is 48.5 Å². The molecule has 1 atom stereocenters. The molecular formula is C14H13F2NO. The Morgan fingerprint density at radius 3 is 2.00 bits per heavy atom. The van der Waals surface area contributed by atoms with E-state index in [0.717, 1.165) is 18.2 Å². The molecule has 0 aromatic heterocycles. The first-order chi connectivity index (χ1) is 8.56. The zero-order chi connectivity index (χ0) is 13.2. The fraction of sp³-hybridized carbons (Fsp3) is 0.143. The number of aliphatic hydroxyl groups is 1. The van der Waals surface area contributed by atoms with E-state index in [1.807, 2.05) is 0 Å². The van der Waals surface area contributed by atoms with Crippen LogP contribution in [0.5, 0.6) is 0 Å². The van der Waals surface area contributed by atoms with Gasteiger partial charge in [0.05, 0.1) is 0 Å². The van der Waals surface area contributed by atoms with Crippen LogP contribution < -0.4 is 5.73 Å². The molecule has 0 saturated carbocycles. The summed E-state index contributed by atoms with van der Waals surface area (Å²) < 4.78 is 26.4. The van der Waals surface area contributed by atoms with Crippen LogP contribution in [-0.2, 0) is 5.60 Å². The smallest absolute Gasteiger partial charge is 0.127 e. The molecule has 4 heteroatoms. The highest BCUT2D eigenvalue weighted by Gasteiger charge is 2.30. The molecule has 1 unspecified atom stereocenters. The van der Waals surface area contributed by atoms with E-state index in [4.69, 9.17) is 5.73 Å². The summed E-state index contributed by atoms with van der Waals surface area (Å²) >= 11 is 0. The number of hydrogen-bond acceptors (Lipinski definition) is 2. The molecule has 0 amide bonds. The lowest BCUT2D eigenvalue weighted by molar-refractivity contribution is 0.0895. The second-order valence-electron chi connectivity index (χ2n) is 4.09. The highest BCUT2D eigenvalue weighted by molar-refractivity contribution is 5.36. The van der Waals surface area contributed by atoms with Gasteiger partial charge in [-0.25, -0.2) is 8.78 Å². The molecule has 2 rings (SSSR count). The fourth-order valence-electron chi connectivity index (χ4n) is 1.91.